The fourth-order valence-electron chi connectivity index (χ4n) is 2.02. The Morgan fingerprint density at radius 3 is 2.30 bits per heavy atom. The van der Waals surface area contributed by atoms with Crippen LogP contribution < -0.4 is 5.73 Å². The van der Waals surface area contributed by atoms with E-state index < -0.39 is 17.5 Å². The van der Waals surface area contributed by atoms with Crippen LogP contribution in [0.1, 0.15) is 27.0 Å². The molecule has 0 aromatic heterocycles. The van der Waals surface area contributed by atoms with Crippen LogP contribution >= 0.6 is 0 Å². The van der Waals surface area contributed by atoms with Gasteiger partial charge in [0.2, 0.25) is 0 Å². The predicted molar refractivity (Wildman–Crippen MR) is 70.5 cm³/mol. The molecule has 0 amide bonds. The van der Waals surface area contributed by atoms with Crippen molar-refractivity contribution in [2.75, 3.05) is 5.73 Å². The van der Waals surface area contributed by atoms with Crippen molar-refractivity contribution in [1.82, 2.24) is 0 Å². The molecule has 0 bridgehead atoms. The molecule has 5 heteroatoms. The summed E-state index contributed by atoms with van der Waals surface area (Å²) in [6.07, 6.45) is -4.56. The molecule has 0 aliphatic heterocycles. The zero-order valence-electron chi connectivity index (χ0n) is 10.7. The number of benzene rings is 2. The molecule has 0 spiro atoms. The van der Waals surface area contributed by atoms with Crippen LogP contribution in [0.5, 0.6) is 0 Å². The molecule has 0 saturated carbocycles. The van der Waals surface area contributed by atoms with E-state index in [9.17, 15) is 18.0 Å². The molecule has 2 N–H and O–H groups in total. The van der Waals surface area contributed by atoms with Gasteiger partial charge in [-0.25, -0.2) is 0 Å². The summed E-state index contributed by atoms with van der Waals surface area (Å²) >= 11 is 0. The minimum atomic E-state index is -4.56. The molecule has 0 heterocycles. The quantitative estimate of drug-likeness (QED) is 0.670. The van der Waals surface area contributed by atoms with Crippen molar-refractivity contribution >= 4 is 11.5 Å². The number of anilines is 1. The number of halogens is 3. The molecular formula is C15H12F3NO. The third-order valence-electron chi connectivity index (χ3n) is 2.97. The van der Waals surface area contributed by atoms with Gasteiger partial charge in [0.15, 0.2) is 5.78 Å². The minimum Gasteiger partial charge on any atom is -0.399 e. The maximum absolute atomic E-state index is 12.9. The van der Waals surface area contributed by atoms with Crippen LogP contribution in [0.2, 0.25) is 0 Å². The first-order valence-electron chi connectivity index (χ1n) is 5.88. The van der Waals surface area contributed by atoms with Gasteiger partial charge in [-0.1, -0.05) is 18.2 Å². The van der Waals surface area contributed by atoms with Crippen molar-refractivity contribution in [3.05, 3.63) is 64.7 Å². The normalized spacial score (nSPS) is 11.4. The monoisotopic (exact) mass is 279 g/mol. The van der Waals surface area contributed by atoms with Crippen molar-refractivity contribution < 1.29 is 18.0 Å². The second kappa shape index (κ2) is 5.00. The molecule has 2 aromatic carbocycles. The van der Waals surface area contributed by atoms with E-state index in [-0.39, 0.29) is 11.1 Å². The number of hydrogen-bond acceptors (Lipinski definition) is 2. The number of ketones is 1. The zero-order valence-corrected chi connectivity index (χ0v) is 10.7. The highest BCUT2D eigenvalue weighted by molar-refractivity contribution is 6.11. The topological polar surface area (TPSA) is 43.1 Å². The molecule has 2 rings (SSSR count). The van der Waals surface area contributed by atoms with Gasteiger partial charge in [0.05, 0.1) is 5.56 Å². The summed E-state index contributed by atoms with van der Waals surface area (Å²) in [7, 11) is 0. The van der Waals surface area contributed by atoms with Crippen LogP contribution in [-0.2, 0) is 6.18 Å². The van der Waals surface area contributed by atoms with Gasteiger partial charge in [-0.05, 0) is 36.8 Å². The maximum Gasteiger partial charge on any atom is 0.417 e. The van der Waals surface area contributed by atoms with E-state index in [1.165, 1.54) is 30.3 Å². The van der Waals surface area contributed by atoms with E-state index in [1.54, 1.807) is 13.0 Å². The summed E-state index contributed by atoms with van der Waals surface area (Å²) in [6, 6.07) is 9.26. The lowest BCUT2D eigenvalue weighted by Crippen LogP contribution is -2.14. The summed E-state index contributed by atoms with van der Waals surface area (Å²) in [5.41, 5.74) is 5.52. The van der Waals surface area contributed by atoms with Crippen LogP contribution in [0.15, 0.2) is 42.5 Å². The minimum absolute atomic E-state index is 0.218. The SMILES string of the molecule is Cc1cc(N)ccc1C(=O)c1ccccc1C(F)(F)F. The van der Waals surface area contributed by atoms with Gasteiger partial charge in [-0.3, -0.25) is 4.79 Å². The second-order valence-electron chi connectivity index (χ2n) is 4.45. The Bertz CT molecular complexity index is 662. The summed E-state index contributed by atoms with van der Waals surface area (Å²) in [4.78, 5) is 12.3. The highest BCUT2D eigenvalue weighted by Crippen LogP contribution is 2.33. The van der Waals surface area contributed by atoms with E-state index in [1.807, 2.05) is 0 Å². The summed E-state index contributed by atoms with van der Waals surface area (Å²) in [6.45, 7) is 1.64. The molecule has 0 unspecified atom stereocenters. The second-order valence-corrected chi connectivity index (χ2v) is 4.45. The number of carbonyl (C=O) groups is 1. The maximum atomic E-state index is 12.9. The summed E-state index contributed by atoms with van der Waals surface area (Å²) in [5, 5.41) is 0. The first-order chi connectivity index (χ1) is 9.30. The van der Waals surface area contributed by atoms with Gasteiger partial charge in [-0.2, -0.15) is 13.2 Å². The largest absolute Gasteiger partial charge is 0.417 e. The molecule has 0 fully saturated rings. The van der Waals surface area contributed by atoms with E-state index in [0.29, 0.717) is 11.3 Å². The van der Waals surface area contributed by atoms with Crippen molar-refractivity contribution in [1.29, 1.82) is 0 Å². The first kappa shape index (κ1) is 14.1. The van der Waals surface area contributed by atoms with Crippen molar-refractivity contribution in [3.63, 3.8) is 0 Å². The Morgan fingerprint density at radius 1 is 1.05 bits per heavy atom. The van der Waals surface area contributed by atoms with Gasteiger partial charge in [0, 0.05) is 16.8 Å². The standard InChI is InChI=1S/C15H12F3NO/c1-9-8-10(19)6-7-11(9)14(20)12-4-2-3-5-13(12)15(16,17)18/h2-8H,19H2,1H3. The number of nitrogens with two attached hydrogens (primary N) is 1. The smallest absolute Gasteiger partial charge is 0.399 e. The number of rotatable bonds is 2. The number of aryl methyl sites for hydroxylation is 1. The summed E-state index contributed by atoms with van der Waals surface area (Å²) in [5.74, 6) is -0.657. The predicted octanol–water partition coefficient (Wildman–Crippen LogP) is 3.83. The lowest BCUT2D eigenvalue weighted by atomic mass is 9.95. The van der Waals surface area contributed by atoms with E-state index in [4.69, 9.17) is 5.73 Å². The molecule has 20 heavy (non-hydrogen) atoms. The van der Waals surface area contributed by atoms with E-state index >= 15 is 0 Å². The average Bonchev–Trinajstić information content (AvgIpc) is 2.37. The molecule has 0 aliphatic carbocycles. The molecule has 0 radical (unpaired) electrons. The average molecular weight is 279 g/mol. The third-order valence-corrected chi connectivity index (χ3v) is 2.97. The molecular weight excluding hydrogens is 267 g/mol. The molecule has 2 nitrogen and oxygen atoms in total. The Morgan fingerprint density at radius 2 is 1.70 bits per heavy atom. The van der Waals surface area contributed by atoms with Crippen LogP contribution in [0.25, 0.3) is 0 Å². The van der Waals surface area contributed by atoms with Gasteiger partial charge in [0.1, 0.15) is 0 Å². The Kier molecular flexibility index (Phi) is 3.53. The Hall–Kier alpha value is -2.30. The first-order valence-corrected chi connectivity index (χ1v) is 5.88. The number of alkyl halides is 3. The fraction of sp³-hybridized carbons (Fsp3) is 0.133. The lowest BCUT2D eigenvalue weighted by Gasteiger charge is -2.13. The van der Waals surface area contributed by atoms with Crippen molar-refractivity contribution in [2.45, 2.75) is 13.1 Å². The van der Waals surface area contributed by atoms with E-state index in [0.717, 1.165) is 6.07 Å². The van der Waals surface area contributed by atoms with Crippen LogP contribution in [-0.4, -0.2) is 5.78 Å². The summed E-state index contributed by atoms with van der Waals surface area (Å²) < 4.78 is 38.8. The fourth-order valence-corrected chi connectivity index (χ4v) is 2.02. The van der Waals surface area contributed by atoms with Gasteiger partial charge < -0.3 is 5.73 Å². The number of carbonyl (C=O) groups excluding carboxylic acids is 1. The van der Waals surface area contributed by atoms with E-state index in [2.05, 4.69) is 0 Å². The molecule has 2 aromatic rings. The Labute approximate surface area is 114 Å². The zero-order chi connectivity index (χ0) is 14.9. The van der Waals surface area contributed by atoms with Crippen LogP contribution in [0.4, 0.5) is 18.9 Å². The van der Waals surface area contributed by atoms with Crippen molar-refractivity contribution in [3.8, 4) is 0 Å². The van der Waals surface area contributed by atoms with Gasteiger partial charge in [-0.15, -0.1) is 0 Å². The highest BCUT2D eigenvalue weighted by atomic mass is 19.4. The van der Waals surface area contributed by atoms with Crippen LogP contribution in [0, 0.1) is 6.92 Å². The van der Waals surface area contributed by atoms with Gasteiger partial charge >= 0.3 is 6.18 Å². The highest BCUT2D eigenvalue weighted by Gasteiger charge is 2.35. The third kappa shape index (κ3) is 2.66. The van der Waals surface area contributed by atoms with Crippen LogP contribution in [0.3, 0.4) is 0 Å². The van der Waals surface area contributed by atoms with Crippen molar-refractivity contribution in [2.24, 2.45) is 0 Å². The molecule has 0 aliphatic rings. The molecule has 0 saturated heterocycles. The number of nitrogen functional groups attached to an aromatic ring is 1. The lowest BCUT2D eigenvalue weighted by molar-refractivity contribution is -0.137. The Balaban J connectivity index is 2.55. The molecule has 104 valence electrons. The number of hydrogen-bond donors (Lipinski definition) is 1. The molecule has 0 atom stereocenters. The van der Waals surface area contributed by atoms with Gasteiger partial charge in [0.25, 0.3) is 0 Å².